The van der Waals surface area contributed by atoms with Crippen LogP contribution in [-0.4, -0.2) is 77.4 Å². The first kappa shape index (κ1) is 23.7. The molecule has 7 nitrogen and oxygen atoms in total. The first-order chi connectivity index (χ1) is 15.1. The lowest BCUT2D eigenvalue weighted by molar-refractivity contribution is -1.02. The van der Waals surface area contributed by atoms with Gasteiger partial charge in [-0.15, -0.1) is 0 Å². The monoisotopic (exact) mass is 435 g/mol. The van der Waals surface area contributed by atoms with E-state index in [9.17, 15) is 4.79 Å². The maximum Gasteiger partial charge on any atom is 0.278 e. The zero-order chi connectivity index (χ0) is 22.2. The number of amides is 1. The van der Waals surface area contributed by atoms with Gasteiger partial charge < -0.3 is 28.9 Å². The summed E-state index contributed by atoms with van der Waals surface area (Å²) < 4.78 is 16.6. The lowest BCUT2D eigenvalue weighted by Crippen LogP contribution is -3.28. The number of carbonyl (C=O) groups is 1. The van der Waals surface area contributed by atoms with Gasteiger partial charge in [-0.25, -0.2) is 0 Å². The molecule has 0 atom stereocenters. The Bertz CT molecular complexity index is 713. The van der Waals surface area contributed by atoms with Crippen molar-refractivity contribution in [1.29, 1.82) is 0 Å². The Hall–Kier alpha value is -1.99. The molecule has 1 aliphatic carbocycles. The van der Waals surface area contributed by atoms with Crippen LogP contribution in [0.15, 0.2) is 12.1 Å². The summed E-state index contributed by atoms with van der Waals surface area (Å²) in [7, 11) is 4.96. The van der Waals surface area contributed by atoms with E-state index in [2.05, 4.69) is 17.9 Å². The number of nitrogens with zero attached hydrogens (tertiary/aromatic N) is 1. The van der Waals surface area contributed by atoms with E-state index in [0.717, 1.165) is 50.6 Å². The number of quaternary nitrogens is 2. The van der Waals surface area contributed by atoms with E-state index in [0.29, 0.717) is 30.0 Å². The second kappa shape index (κ2) is 11.6. The van der Waals surface area contributed by atoms with Crippen LogP contribution >= 0.6 is 0 Å². The number of rotatable bonds is 9. The molecule has 0 bridgehead atoms. The van der Waals surface area contributed by atoms with Gasteiger partial charge in [-0.05, 0) is 31.9 Å². The van der Waals surface area contributed by atoms with Gasteiger partial charge in [0, 0.05) is 12.6 Å². The van der Waals surface area contributed by atoms with E-state index in [1.807, 2.05) is 6.07 Å². The minimum atomic E-state index is 0.342. The van der Waals surface area contributed by atoms with Gasteiger partial charge >= 0.3 is 0 Å². The highest BCUT2D eigenvalue weighted by molar-refractivity contribution is 5.77. The van der Waals surface area contributed by atoms with Gasteiger partial charge in [0.15, 0.2) is 18.0 Å². The molecule has 0 radical (unpaired) electrons. The predicted octanol–water partition coefficient (Wildman–Crippen LogP) is 0.177. The third-order valence-electron chi connectivity index (χ3n) is 6.97. The first-order valence-corrected chi connectivity index (χ1v) is 11.9. The Morgan fingerprint density at radius 2 is 1.58 bits per heavy atom. The van der Waals surface area contributed by atoms with Crippen LogP contribution in [0.4, 0.5) is 0 Å². The van der Waals surface area contributed by atoms with Crippen molar-refractivity contribution in [1.82, 2.24) is 4.90 Å². The van der Waals surface area contributed by atoms with Gasteiger partial charge in [0.25, 0.3) is 5.91 Å². The lowest BCUT2D eigenvalue weighted by Gasteiger charge is -2.35. The largest absolute Gasteiger partial charge is 0.493 e. The van der Waals surface area contributed by atoms with E-state index in [4.69, 9.17) is 14.2 Å². The first-order valence-electron chi connectivity index (χ1n) is 11.9. The molecule has 2 N–H and O–H groups in total. The number of hydrogen-bond acceptors (Lipinski definition) is 4. The summed E-state index contributed by atoms with van der Waals surface area (Å²) in [6.45, 7) is 8.64. The van der Waals surface area contributed by atoms with Gasteiger partial charge in [0.05, 0.1) is 26.9 Å². The summed E-state index contributed by atoms with van der Waals surface area (Å²) >= 11 is 0. The van der Waals surface area contributed by atoms with Gasteiger partial charge in [0.1, 0.15) is 32.7 Å². The maximum atomic E-state index is 13.0. The number of carbonyl (C=O) groups excluding carboxylic acids is 1. The SMILES string of the molecule is CCN(C(=O)C[NH+]1CC[NH+](Cc2ccc(OC)c(OC)c2OC)CC1)C1CCCCC1. The smallest absolute Gasteiger partial charge is 0.278 e. The lowest BCUT2D eigenvalue weighted by atomic mass is 9.94. The standard InChI is InChI=1S/C24H39N3O4/c1-5-27(20-9-7-6-8-10-20)22(28)18-26-15-13-25(14-16-26)17-19-11-12-21(29-2)24(31-4)23(19)30-3/h11-12,20H,5-10,13-18H2,1-4H3/p+2. The Morgan fingerprint density at radius 3 is 2.16 bits per heavy atom. The third kappa shape index (κ3) is 5.83. The van der Waals surface area contributed by atoms with Crippen LogP contribution in [0.25, 0.3) is 0 Å². The molecule has 1 aliphatic heterocycles. The van der Waals surface area contributed by atoms with E-state index < -0.39 is 0 Å². The molecular formula is C24H41N3O4+2. The maximum absolute atomic E-state index is 13.0. The number of likely N-dealkylation sites (N-methyl/N-ethyl adjacent to an activating group) is 1. The second-order valence-electron chi connectivity index (χ2n) is 8.82. The number of benzene rings is 1. The van der Waals surface area contributed by atoms with Crippen LogP contribution in [0.2, 0.25) is 0 Å². The number of nitrogens with one attached hydrogen (secondary N) is 2. The Kier molecular flexibility index (Phi) is 8.84. The van der Waals surface area contributed by atoms with Crippen LogP contribution < -0.4 is 24.0 Å². The third-order valence-corrected chi connectivity index (χ3v) is 6.97. The molecule has 31 heavy (non-hydrogen) atoms. The summed E-state index contributed by atoms with van der Waals surface area (Å²) in [5.74, 6) is 2.43. The zero-order valence-electron chi connectivity index (χ0n) is 19.8. The van der Waals surface area contributed by atoms with Crippen LogP contribution in [-0.2, 0) is 11.3 Å². The van der Waals surface area contributed by atoms with Gasteiger partial charge in [-0.3, -0.25) is 4.79 Å². The Morgan fingerprint density at radius 1 is 0.935 bits per heavy atom. The average Bonchev–Trinajstić information content (AvgIpc) is 2.81. The fourth-order valence-corrected chi connectivity index (χ4v) is 5.23. The fourth-order valence-electron chi connectivity index (χ4n) is 5.23. The zero-order valence-corrected chi connectivity index (χ0v) is 19.8. The minimum Gasteiger partial charge on any atom is -0.493 e. The number of hydrogen-bond donors (Lipinski definition) is 2. The summed E-state index contributed by atoms with van der Waals surface area (Å²) in [5.41, 5.74) is 1.13. The van der Waals surface area contributed by atoms with E-state index in [1.165, 1.54) is 41.9 Å². The van der Waals surface area contributed by atoms with Crippen molar-refractivity contribution in [3.05, 3.63) is 17.7 Å². The van der Waals surface area contributed by atoms with E-state index in [-0.39, 0.29) is 0 Å². The van der Waals surface area contributed by atoms with Gasteiger partial charge in [0.2, 0.25) is 5.75 Å². The molecule has 3 rings (SSSR count). The van der Waals surface area contributed by atoms with Crippen molar-refractivity contribution in [3.63, 3.8) is 0 Å². The fraction of sp³-hybridized carbons (Fsp3) is 0.708. The second-order valence-corrected chi connectivity index (χ2v) is 8.82. The van der Waals surface area contributed by atoms with Crippen LogP contribution in [0.1, 0.15) is 44.6 Å². The number of piperazine rings is 1. The molecule has 1 heterocycles. The van der Waals surface area contributed by atoms with Crippen molar-refractivity contribution < 1.29 is 28.8 Å². The van der Waals surface area contributed by atoms with Crippen LogP contribution in [0.3, 0.4) is 0 Å². The van der Waals surface area contributed by atoms with Crippen molar-refractivity contribution in [2.75, 3.05) is 60.6 Å². The Labute approximate surface area is 187 Å². The number of methoxy groups -OCH3 is 3. The highest BCUT2D eigenvalue weighted by Crippen LogP contribution is 2.39. The molecule has 1 saturated heterocycles. The van der Waals surface area contributed by atoms with Crippen LogP contribution in [0.5, 0.6) is 17.2 Å². The highest BCUT2D eigenvalue weighted by Gasteiger charge is 2.30. The normalized spacial score (nSPS) is 22.1. The summed E-state index contributed by atoms with van der Waals surface area (Å²) in [5, 5.41) is 0. The van der Waals surface area contributed by atoms with Gasteiger partial charge in [-0.2, -0.15) is 0 Å². The Balaban J connectivity index is 1.53. The summed E-state index contributed by atoms with van der Waals surface area (Å²) in [6, 6.07) is 4.48. The molecule has 174 valence electrons. The number of ether oxygens (including phenoxy) is 3. The van der Waals surface area contributed by atoms with Crippen molar-refractivity contribution in [2.45, 2.75) is 51.6 Å². The quantitative estimate of drug-likeness (QED) is 0.581. The predicted molar refractivity (Wildman–Crippen MR) is 120 cm³/mol. The summed E-state index contributed by atoms with van der Waals surface area (Å²) in [6.07, 6.45) is 6.22. The molecule has 0 unspecified atom stereocenters. The van der Waals surface area contributed by atoms with Crippen molar-refractivity contribution in [2.24, 2.45) is 0 Å². The average molecular weight is 436 g/mol. The molecule has 0 spiro atoms. The molecule has 1 amide bonds. The molecule has 2 fully saturated rings. The molecular weight excluding hydrogens is 394 g/mol. The van der Waals surface area contributed by atoms with Crippen molar-refractivity contribution >= 4 is 5.91 Å². The summed E-state index contributed by atoms with van der Waals surface area (Å²) in [4.78, 5) is 18.1. The molecule has 1 aromatic rings. The molecule has 1 aromatic carbocycles. The molecule has 7 heteroatoms. The van der Waals surface area contributed by atoms with Gasteiger partial charge in [-0.1, -0.05) is 19.3 Å². The van der Waals surface area contributed by atoms with E-state index >= 15 is 0 Å². The van der Waals surface area contributed by atoms with E-state index in [1.54, 1.807) is 21.3 Å². The van der Waals surface area contributed by atoms with Crippen LogP contribution in [0, 0.1) is 0 Å². The van der Waals surface area contributed by atoms with Crippen molar-refractivity contribution in [3.8, 4) is 17.2 Å². The molecule has 1 saturated carbocycles. The highest BCUT2D eigenvalue weighted by atomic mass is 16.5. The molecule has 2 aliphatic rings. The topological polar surface area (TPSA) is 56.9 Å². The molecule has 0 aromatic heterocycles. The minimum absolute atomic E-state index is 0.342.